The molecule has 0 fully saturated rings. The van der Waals surface area contributed by atoms with Crippen LogP contribution in [0.1, 0.15) is 24.7 Å². The summed E-state index contributed by atoms with van der Waals surface area (Å²) < 4.78 is 5.40. The molecule has 0 aliphatic heterocycles. The van der Waals surface area contributed by atoms with Gasteiger partial charge in [0.2, 0.25) is 0 Å². The zero-order valence-electron chi connectivity index (χ0n) is 12.5. The molecule has 2 rings (SSSR count). The van der Waals surface area contributed by atoms with E-state index < -0.39 is 5.97 Å². The van der Waals surface area contributed by atoms with Gasteiger partial charge in [-0.1, -0.05) is 18.2 Å². The molecule has 0 bridgehead atoms. The predicted octanol–water partition coefficient (Wildman–Crippen LogP) is 3.50. The number of benzene rings is 1. The summed E-state index contributed by atoms with van der Waals surface area (Å²) in [6, 6.07) is 12.0. The summed E-state index contributed by atoms with van der Waals surface area (Å²) in [7, 11) is 0. The van der Waals surface area contributed by atoms with E-state index in [-0.39, 0.29) is 12.5 Å². The van der Waals surface area contributed by atoms with Crippen molar-refractivity contribution in [1.82, 2.24) is 0 Å². The Morgan fingerprint density at radius 1 is 1.29 bits per heavy atom. The maximum atomic E-state index is 10.9. The average Bonchev–Trinajstić information content (AvgIpc) is 2.93. The second kappa shape index (κ2) is 6.97. The van der Waals surface area contributed by atoms with E-state index in [1.807, 2.05) is 43.3 Å². The van der Waals surface area contributed by atoms with Gasteiger partial charge in [0, 0.05) is 24.7 Å². The minimum absolute atomic E-state index is 0.122. The first-order valence-electron chi connectivity index (χ1n) is 7.14. The Hall–Kier alpha value is -2.23. The van der Waals surface area contributed by atoms with Crippen molar-refractivity contribution < 1.29 is 14.3 Å². The summed E-state index contributed by atoms with van der Waals surface area (Å²) in [6.45, 7) is 4.63. The minimum atomic E-state index is -0.779. The fraction of sp³-hybridized carbons (Fsp3) is 0.353. The highest BCUT2D eigenvalue weighted by molar-refractivity contribution is 5.68. The van der Waals surface area contributed by atoms with Crippen molar-refractivity contribution in [2.75, 3.05) is 11.4 Å². The Labute approximate surface area is 125 Å². The van der Waals surface area contributed by atoms with Crippen molar-refractivity contribution >= 4 is 11.7 Å². The molecule has 1 N–H and O–H groups in total. The smallest absolute Gasteiger partial charge is 0.305 e. The summed E-state index contributed by atoms with van der Waals surface area (Å²) in [4.78, 5) is 13.1. The molecule has 112 valence electrons. The van der Waals surface area contributed by atoms with Crippen LogP contribution in [-0.4, -0.2) is 23.7 Å². The van der Waals surface area contributed by atoms with E-state index in [2.05, 4.69) is 11.8 Å². The van der Waals surface area contributed by atoms with Gasteiger partial charge in [-0.25, -0.2) is 0 Å². The Balaban J connectivity index is 2.18. The number of furan rings is 1. The van der Waals surface area contributed by atoms with Crippen LogP contribution in [0, 0.1) is 6.92 Å². The fourth-order valence-corrected chi connectivity index (χ4v) is 2.51. The summed E-state index contributed by atoms with van der Waals surface area (Å²) in [6.07, 6.45) is 2.54. The number of nitrogens with zero attached hydrogens (tertiary/aromatic N) is 1. The van der Waals surface area contributed by atoms with Gasteiger partial charge in [0.25, 0.3) is 0 Å². The molecule has 0 radical (unpaired) electrons. The van der Waals surface area contributed by atoms with Crippen molar-refractivity contribution in [2.24, 2.45) is 0 Å². The zero-order valence-corrected chi connectivity index (χ0v) is 12.5. The third-order valence-corrected chi connectivity index (χ3v) is 3.60. The molecule has 0 spiro atoms. The van der Waals surface area contributed by atoms with Gasteiger partial charge in [0.05, 0.1) is 12.7 Å². The van der Waals surface area contributed by atoms with Crippen LogP contribution in [0.2, 0.25) is 0 Å². The van der Waals surface area contributed by atoms with Gasteiger partial charge in [-0.05, 0) is 37.6 Å². The lowest BCUT2D eigenvalue weighted by Gasteiger charge is -2.32. The van der Waals surface area contributed by atoms with Crippen molar-refractivity contribution in [3.8, 4) is 0 Å². The number of carboxylic acid groups (broad SMARTS) is 1. The van der Waals surface area contributed by atoms with Gasteiger partial charge in [-0.15, -0.1) is 0 Å². The average molecular weight is 287 g/mol. The molecule has 4 heteroatoms. The summed E-state index contributed by atoms with van der Waals surface area (Å²) in [5, 5.41) is 8.97. The molecule has 0 aliphatic carbocycles. The molecule has 1 atom stereocenters. The molecule has 0 saturated carbocycles. The summed E-state index contributed by atoms with van der Waals surface area (Å²) >= 11 is 0. The van der Waals surface area contributed by atoms with Crippen LogP contribution in [0.4, 0.5) is 5.69 Å². The molecule has 21 heavy (non-hydrogen) atoms. The van der Waals surface area contributed by atoms with Crippen LogP contribution in [0.5, 0.6) is 0 Å². The van der Waals surface area contributed by atoms with Crippen molar-refractivity contribution in [3.63, 3.8) is 0 Å². The lowest BCUT2D eigenvalue weighted by molar-refractivity contribution is -0.136. The monoisotopic (exact) mass is 287 g/mol. The first kappa shape index (κ1) is 15.2. The molecule has 1 unspecified atom stereocenters. The van der Waals surface area contributed by atoms with E-state index in [0.717, 1.165) is 23.4 Å². The summed E-state index contributed by atoms with van der Waals surface area (Å²) in [5.74, 6) is 0.134. The van der Waals surface area contributed by atoms with Crippen LogP contribution >= 0.6 is 0 Å². The molecule has 0 amide bonds. The maximum Gasteiger partial charge on any atom is 0.305 e. The number of para-hydroxylation sites is 1. The van der Waals surface area contributed by atoms with E-state index in [0.29, 0.717) is 6.54 Å². The van der Waals surface area contributed by atoms with Crippen LogP contribution < -0.4 is 4.90 Å². The number of carbonyl (C=O) groups is 1. The largest absolute Gasteiger partial charge is 0.481 e. The third-order valence-electron chi connectivity index (χ3n) is 3.60. The highest BCUT2D eigenvalue weighted by Crippen LogP contribution is 2.23. The van der Waals surface area contributed by atoms with Gasteiger partial charge < -0.3 is 14.4 Å². The Morgan fingerprint density at radius 2 is 2.05 bits per heavy atom. The third kappa shape index (κ3) is 4.12. The van der Waals surface area contributed by atoms with Crippen LogP contribution in [0.15, 0.2) is 47.1 Å². The topological polar surface area (TPSA) is 53.7 Å². The predicted molar refractivity (Wildman–Crippen MR) is 82.7 cm³/mol. The van der Waals surface area contributed by atoms with Gasteiger partial charge in [0.1, 0.15) is 5.76 Å². The normalized spacial score (nSPS) is 12.1. The molecule has 0 aliphatic rings. The standard InChI is InChI=1S/C17H21NO3/c1-13-6-3-4-8-16(13)18(10-9-17(19)20)14(2)12-15-7-5-11-21-15/h3-8,11,14H,9-10,12H2,1-2H3,(H,19,20). The number of aliphatic carboxylic acids is 1. The van der Waals surface area contributed by atoms with Gasteiger partial charge in [0.15, 0.2) is 0 Å². The van der Waals surface area contributed by atoms with Gasteiger partial charge in [-0.2, -0.15) is 0 Å². The zero-order chi connectivity index (χ0) is 15.2. The molecular formula is C17H21NO3. The Bertz CT molecular complexity index is 577. The molecular weight excluding hydrogens is 266 g/mol. The van der Waals surface area contributed by atoms with E-state index in [9.17, 15) is 4.79 Å². The molecule has 1 heterocycles. The van der Waals surface area contributed by atoms with Gasteiger partial charge >= 0.3 is 5.97 Å². The summed E-state index contributed by atoms with van der Waals surface area (Å²) in [5.41, 5.74) is 2.23. The van der Waals surface area contributed by atoms with E-state index in [4.69, 9.17) is 9.52 Å². The Morgan fingerprint density at radius 3 is 2.67 bits per heavy atom. The van der Waals surface area contributed by atoms with E-state index >= 15 is 0 Å². The highest BCUT2D eigenvalue weighted by Gasteiger charge is 2.18. The second-order valence-corrected chi connectivity index (χ2v) is 5.26. The lowest BCUT2D eigenvalue weighted by Crippen LogP contribution is -2.36. The van der Waals surface area contributed by atoms with Crippen molar-refractivity contribution in [2.45, 2.75) is 32.7 Å². The number of carboxylic acids is 1. The molecule has 0 saturated heterocycles. The fourth-order valence-electron chi connectivity index (χ4n) is 2.51. The van der Waals surface area contributed by atoms with E-state index in [1.54, 1.807) is 6.26 Å². The van der Waals surface area contributed by atoms with Crippen molar-refractivity contribution in [1.29, 1.82) is 0 Å². The molecule has 1 aromatic heterocycles. The maximum absolute atomic E-state index is 10.9. The Kier molecular flexibility index (Phi) is 5.04. The number of aryl methyl sites for hydroxylation is 1. The van der Waals surface area contributed by atoms with Gasteiger partial charge in [-0.3, -0.25) is 4.79 Å². The van der Waals surface area contributed by atoms with Crippen LogP contribution in [0.3, 0.4) is 0 Å². The highest BCUT2D eigenvalue weighted by atomic mass is 16.4. The molecule has 4 nitrogen and oxygen atoms in total. The first-order valence-corrected chi connectivity index (χ1v) is 7.14. The van der Waals surface area contributed by atoms with E-state index in [1.165, 1.54) is 0 Å². The minimum Gasteiger partial charge on any atom is -0.481 e. The van der Waals surface area contributed by atoms with Crippen LogP contribution in [-0.2, 0) is 11.2 Å². The first-order chi connectivity index (χ1) is 10.1. The molecule has 1 aromatic carbocycles. The second-order valence-electron chi connectivity index (χ2n) is 5.26. The number of hydrogen-bond donors (Lipinski definition) is 1. The number of hydrogen-bond acceptors (Lipinski definition) is 3. The van der Waals surface area contributed by atoms with Crippen LogP contribution in [0.25, 0.3) is 0 Å². The SMILES string of the molecule is Cc1ccccc1N(CCC(=O)O)C(C)Cc1ccco1. The lowest BCUT2D eigenvalue weighted by atomic mass is 10.1. The number of anilines is 1. The molecule has 2 aromatic rings. The quantitative estimate of drug-likeness (QED) is 0.846. The van der Waals surface area contributed by atoms with Crippen molar-refractivity contribution in [3.05, 3.63) is 54.0 Å². The number of rotatable bonds is 7.